The highest BCUT2D eigenvalue weighted by Crippen LogP contribution is 2.44. The van der Waals surface area contributed by atoms with Crippen LogP contribution in [0.4, 0.5) is 23.4 Å². The SMILES string of the molecule is CC1(C)O[C@@H]2[C@H](O1)[C@@H](COS(=O)(=O)c1ccc(C(F)(F)F)cc1)O[C@H]2n1cnc2c(N)nc(F)nc21. The van der Waals surface area contributed by atoms with Gasteiger partial charge in [0.1, 0.15) is 18.3 Å². The van der Waals surface area contributed by atoms with E-state index in [1.165, 1.54) is 10.9 Å². The predicted octanol–water partition coefficient (Wildman–Crippen LogP) is 2.39. The molecule has 4 atom stereocenters. The number of anilines is 1. The molecule has 5 rings (SSSR count). The van der Waals surface area contributed by atoms with Crippen LogP contribution < -0.4 is 5.73 Å². The number of aromatic nitrogens is 4. The van der Waals surface area contributed by atoms with E-state index in [0.717, 1.165) is 12.1 Å². The van der Waals surface area contributed by atoms with E-state index < -0.39 is 69.8 Å². The fourth-order valence-electron chi connectivity index (χ4n) is 4.15. The molecule has 2 aliphatic heterocycles. The molecule has 1 aromatic carbocycles. The van der Waals surface area contributed by atoms with Crippen molar-refractivity contribution in [3.8, 4) is 0 Å². The van der Waals surface area contributed by atoms with Crippen molar-refractivity contribution in [2.75, 3.05) is 12.3 Å². The Bertz CT molecular complexity index is 1410. The summed E-state index contributed by atoms with van der Waals surface area (Å²) in [5, 5.41) is 0. The van der Waals surface area contributed by atoms with Gasteiger partial charge >= 0.3 is 12.3 Å². The van der Waals surface area contributed by atoms with E-state index in [2.05, 4.69) is 15.0 Å². The lowest BCUT2D eigenvalue weighted by atomic mass is 10.1. The highest BCUT2D eigenvalue weighted by molar-refractivity contribution is 7.86. The number of fused-ring (bicyclic) bond motifs is 2. The molecule has 0 radical (unpaired) electrons. The van der Waals surface area contributed by atoms with Gasteiger partial charge in [-0.1, -0.05) is 0 Å². The standard InChI is InChI=1S/C20H19F4N5O6S/c1-19(2)34-13-11(7-32-36(30,31)10-5-3-9(4-6-10)20(22,23)24)33-17(14(13)35-19)29-8-26-12-15(25)27-18(21)28-16(12)29/h3-6,8,11,13-14,17H,7H2,1-2H3,(H2,25,27,28)/t11-,13-,14-,17-/m1/s1. The van der Waals surface area contributed by atoms with Crippen molar-refractivity contribution in [3.05, 3.63) is 42.2 Å². The lowest BCUT2D eigenvalue weighted by molar-refractivity contribution is -0.198. The van der Waals surface area contributed by atoms with Crippen LogP contribution in [0.25, 0.3) is 11.2 Å². The van der Waals surface area contributed by atoms with Crippen LogP contribution in [0.5, 0.6) is 0 Å². The number of ether oxygens (including phenoxy) is 3. The van der Waals surface area contributed by atoms with Gasteiger partial charge in [0, 0.05) is 0 Å². The molecule has 36 heavy (non-hydrogen) atoms. The normalized spacial score (nSPS) is 25.9. The summed E-state index contributed by atoms with van der Waals surface area (Å²) in [5.41, 5.74) is 4.86. The third-order valence-electron chi connectivity index (χ3n) is 5.68. The van der Waals surface area contributed by atoms with E-state index in [1.54, 1.807) is 13.8 Å². The number of nitrogen functional groups attached to an aromatic ring is 1. The quantitative estimate of drug-likeness (QED) is 0.295. The van der Waals surface area contributed by atoms with Crippen molar-refractivity contribution in [1.29, 1.82) is 0 Å². The number of alkyl halides is 3. The molecule has 2 aromatic heterocycles. The first-order valence-corrected chi connectivity index (χ1v) is 11.9. The van der Waals surface area contributed by atoms with Crippen molar-refractivity contribution in [3.63, 3.8) is 0 Å². The van der Waals surface area contributed by atoms with Crippen LogP contribution in [-0.4, -0.2) is 58.6 Å². The Kier molecular flexibility index (Phi) is 5.71. The first-order valence-electron chi connectivity index (χ1n) is 10.5. The molecule has 0 amide bonds. The Balaban J connectivity index is 1.39. The molecule has 16 heteroatoms. The van der Waals surface area contributed by atoms with Gasteiger partial charge in [0.2, 0.25) is 0 Å². The summed E-state index contributed by atoms with van der Waals surface area (Å²) in [6.45, 7) is 2.74. The summed E-state index contributed by atoms with van der Waals surface area (Å²) >= 11 is 0. The maximum atomic E-state index is 13.8. The monoisotopic (exact) mass is 533 g/mol. The highest BCUT2D eigenvalue weighted by atomic mass is 32.2. The summed E-state index contributed by atoms with van der Waals surface area (Å²) in [5.74, 6) is -1.25. The average Bonchev–Trinajstić information content (AvgIpc) is 3.42. The number of nitrogens with two attached hydrogens (primary N) is 1. The molecule has 0 spiro atoms. The highest BCUT2D eigenvalue weighted by Gasteiger charge is 2.56. The Morgan fingerprint density at radius 3 is 2.47 bits per heavy atom. The molecule has 2 saturated heterocycles. The molecule has 3 aromatic rings. The Hall–Kier alpha value is -2.92. The molecular formula is C20H19F4N5O6S. The zero-order chi connectivity index (χ0) is 26.0. The van der Waals surface area contributed by atoms with Gasteiger partial charge in [-0.15, -0.1) is 0 Å². The zero-order valence-electron chi connectivity index (χ0n) is 18.6. The molecule has 0 unspecified atom stereocenters. The molecule has 2 N–H and O–H groups in total. The van der Waals surface area contributed by atoms with Crippen LogP contribution in [0.2, 0.25) is 0 Å². The van der Waals surface area contributed by atoms with Crippen molar-refractivity contribution < 1.29 is 44.4 Å². The Labute approximate surface area is 201 Å². The van der Waals surface area contributed by atoms with Gasteiger partial charge in [-0.05, 0) is 38.1 Å². The van der Waals surface area contributed by atoms with Gasteiger partial charge in [0.15, 0.2) is 29.0 Å². The van der Waals surface area contributed by atoms with Crippen LogP contribution in [0.1, 0.15) is 25.6 Å². The van der Waals surface area contributed by atoms with E-state index in [4.69, 9.17) is 24.1 Å². The minimum absolute atomic E-state index is 0.0241. The van der Waals surface area contributed by atoms with Crippen LogP contribution in [0.3, 0.4) is 0 Å². The number of hydrogen-bond acceptors (Lipinski definition) is 10. The average molecular weight is 533 g/mol. The Morgan fingerprint density at radius 1 is 1.14 bits per heavy atom. The smallest absolute Gasteiger partial charge is 0.382 e. The van der Waals surface area contributed by atoms with Gasteiger partial charge < -0.3 is 19.9 Å². The summed E-state index contributed by atoms with van der Waals surface area (Å²) in [7, 11) is -4.43. The van der Waals surface area contributed by atoms with E-state index in [1.807, 2.05) is 0 Å². The molecule has 194 valence electrons. The van der Waals surface area contributed by atoms with Crippen molar-refractivity contribution in [1.82, 2.24) is 19.5 Å². The van der Waals surface area contributed by atoms with Crippen molar-refractivity contribution in [2.45, 2.75) is 55.2 Å². The van der Waals surface area contributed by atoms with Gasteiger partial charge in [-0.3, -0.25) is 8.75 Å². The number of nitrogens with zero attached hydrogens (tertiary/aromatic N) is 4. The maximum absolute atomic E-state index is 13.8. The number of benzene rings is 1. The summed E-state index contributed by atoms with van der Waals surface area (Å²) < 4.78 is 102. The second-order valence-corrected chi connectivity index (χ2v) is 10.2. The van der Waals surface area contributed by atoms with Gasteiger partial charge in [-0.2, -0.15) is 35.9 Å². The lowest BCUT2D eigenvalue weighted by Gasteiger charge is -2.24. The van der Waals surface area contributed by atoms with Crippen LogP contribution in [-0.2, 0) is 34.7 Å². The minimum atomic E-state index is -4.62. The summed E-state index contributed by atoms with van der Waals surface area (Å²) in [4.78, 5) is 10.8. The molecule has 11 nitrogen and oxygen atoms in total. The van der Waals surface area contributed by atoms with E-state index >= 15 is 0 Å². The van der Waals surface area contributed by atoms with E-state index in [9.17, 15) is 26.0 Å². The molecule has 0 bridgehead atoms. The second kappa shape index (κ2) is 8.31. The second-order valence-electron chi connectivity index (χ2n) is 8.59. The fourth-order valence-corrected chi connectivity index (χ4v) is 5.07. The van der Waals surface area contributed by atoms with Crippen LogP contribution >= 0.6 is 0 Å². The summed E-state index contributed by atoms with van der Waals surface area (Å²) in [6.07, 6.45) is -7.97. The number of hydrogen-bond donors (Lipinski definition) is 1. The third kappa shape index (κ3) is 4.39. The molecule has 0 saturated carbocycles. The third-order valence-corrected chi connectivity index (χ3v) is 6.97. The van der Waals surface area contributed by atoms with Crippen molar-refractivity contribution in [2.24, 2.45) is 0 Å². The van der Waals surface area contributed by atoms with E-state index in [-0.39, 0.29) is 17.0 Å². The lowest BCUT2D eigenvalue weighted by Crippen LogP contribution is -2.33. The van der Waals surface area contributed by atoms with Crippen molar-refractivity contribution >= 4 is 27.1 Å². The first kappa shape index (κ1) is 24.8. The Morgan fingerprint density at radius 2 is 1.81 bits per heavy atom. The molecule has 2 fully saturated rings. The van der Waals surface area contributed by atoms with Gasteiger partial charge in [0.25, 0.3) is 10.1 Å². The number of halogens is 4. The predicted molar refractivity (Wildman–Crippen MR) is 112 cm³/mol. The van der Waals surface area contributed by atoms with E-state index in [0.29, 0.717) is 12.1 Å². The molecule has 0 aliphatic carbocycles. The fraction of sp³-hybridized carbons (Fsp3) is 0.450. The topological polar surface area (TPSA) is 141 Å². The maximum Gasteiger partial charge on any atom is 0.416 e. The zero-order valence-corrected chi connectivity index (χ0v) is 19.5. The molecule has 2 aliphatic rings. The minimum Gasteiger partial charge on any atom is -0.382 e. The number of rotatable bonds is 5. The van der Waals surface area contributed by atoms with Gasteiger partial charge in [-0.25, -0.2) is 4.98 Å². The largest absolute Gasteiger partial charge is 0.416 e. The molecule has 4 heterocycles. The number of imidazole rings is 1. The van der Waals surface area contributed by atoms with Gasteiger partial charge in [0.05, 0.1) is 23.4 Å². The van der Waals surface area contributed by atoms with Crippen LogP contribution in [0, 0.1) is 6.08 Å². The van der Waals surface area contributed by atoms with Crippen LogP contribution in [0.15, 0.2) is 35.5 Å². The summed E-state index contributed by atoms with van der Waals surface area (Å²) in [6, 6.07) is 2.88. The first-order chi connectivity index (χ1) is 16.7. The molecular weight excluding hydrogens is 514 g/mol.